The standard InChI is InChI=1S/C20H24N2O4/c21-17(13-15-7-3-1-4-8-15)19(23)25-11-12-26-20(24)18(22)14-16-9-5-2-6-10-16/h1-10,17-18H,11-14,21-22H2/p+2. The predicted molar refractivity (Wildman–Crippen MR) is 95.6 cm³/mol. The number of hydrogen-bond acceptors (Lipinski definition) is 4. The summed E-state index contributed by atoms with van der Waals surface area (Å²) in [6, 6.07) is 18.3. The molecule has 6 heteroatoms. The number of esters is 2. The SMILES string of the molecule is [NH3+]C(Cc1ccccc1)C(=O)OCCOC(=O)C([NH3+])Cc1ccccc1. The van der Waals surface area contributed by atoms with Crippen molar-refractivity contribution in [2.75, 3.05) is 13.2 Å². The van der Waals surface area contributed by atoms with Gasteiger partial charge in [-0.2, -0.15) is 0 Å². The molecule has 0 bridgehead atoms. The van der Waals surface area contributed by atoms with Gasteiger partial charge in [0, 0.05) is 12.8 Å². The molecule has 0 saturated heterocycles. The molecule has 0 aliphatic heterocycles. The summed E-state index contributed by atoms with van der Waals surface area (Å²) in [5.74, 6) is -0.805. The van der Waals surface area contributed by atoms with Gasteiger partial charge in [0.2, 0.25) is 0 Å². The summed E-state index contributed by atoms with van der Waals surface area (Å²) < 4.78 is 10.3. The first kappa shape index (κ1) is 19.6. The minimum atomic E-state index is -0.494. The highest BCUT2D eigenvalue weighted by atomic mass is 16.6. The van der Waals surface area contributed by atoms with E-state index in [2.05, 4.69) is 11.5 Å². The van der Waals surface area contributed by atoms with Crippen LogP contribution in [0.1, 0.15) is 11.1 Å². The van der Waals surface area contributed by atoms with E-state index in [0.717, 1.165) is 11.1 Å². The first-order valence-electron chi connectivity index (χ1n) is 8.63. The van der Waals surface area contributed by atoms with E-state index in [1.54, 1.807) is 0 Å². The highest BCUT2D eigenvalue weighted by molar-refractivity contribution is 5.75. The Balaban J connectivity index is 1.64. The number of hydrogen-bond donors (Lipinski definition) is 2. The molecule has 0 fully saturated rings. The van der Waals surface area contributed by atoms with Crippen molar-refractivity contribution >= 4 is 11.9 Å². The topological polar surface area (TPSA) is 108 Å². The van der Waals surface area contributed by atoms with E-state index in [1.807, 2.05) is 60.7 Å². The molecule has 0 spiro atoms. The molecule has 2 aromatic rings. The molecule has 0 aromatic heterocycles. The number of rotatable bonds is 9. The molecule has 6 N–H and O–H groups in total. The van der Waals surface area contributed by atoms with E-state index in [-0.39, 0.29) is 13.2 Å². The second kappa shape index (κ2) is 10.3. The van der Waals surface area contributed by atoms with Crippen LogP contribution in [-0.2, 0) is 31.9 Å². The molecule has 0 amide bonds. The number of carbonyl (C=O) groups is 2. The van der Waals surface area contributed by atoms with Crippen LogP contribution in [0.2, 0.25) is 0 Å². The van der Waals surface area contributed by atoms with Gasteiger partial charge in [0.25, 0.3) is 0 Å². The average molecular weight is 358 g/mol. The molecule has 0 saturated carbocycles. The molecule has 0 aliphatic carbocycles. The largest absolute Gasteiger partial charge is 0.458 e. The average Bonchev–Trinajstić information content (AvgIpc) is 2.66. The highest BCUT2D eigenvalue weighted by Crippen LogP contribution is 2.03. The van der Waals surface area contributed by atoms with Gasteiger partial charge in [-0.15, -0.1) is 0 Å². The summed E-state index contributed by atoms with van der Waals surface area (Å²) in [5, 5.41) is 0. The van der Waals surface area contributed by atoms with E-state index in [4.69, 9.17) is 9.47 Å². The first-order chi connectivity index (χ1) is 12.6. The molecule has 0 radical (unpaired) electrons. The van der Waals surface area contributed by atoms with Crippen molar-refractivity contribution in [3.8, 4) is 0 Å². The Kier molecular flexibility index (Phi) is 7.79. The maximum atomic E-state index is 11.9. The predicted octanol–water partition coefficient (Wildman–Crippen LogP) is -0.221. The third kappa shape index (κ3) is 6.66. The Labute approximate surface area is 153 Å². The van der Waals surface area contributed by atoms with Crippen LogP contribution in [0.15, 0.2) is 60.7 Å². The van der Waals surface area contributed by atoms with Crippen LogP contribution in [-0.4, -0.2) is 37.2 Å². The van der Waals surface area contributed by atoms with Gasteiger partial charge in [-0.05, 0) is 11.1 Å². The maximum absolute atomic E-state index is 11.9. The number of ether oxygens (including phenoxy) is 2. The van der Waals surface area contributed by atoms with E-state index in [1.165, 1.54) is 0 Å². The summed E-state index contributed by atoms with van der Waals surface area (Å²) in [7, 11) is 0. The van der Waals surface area contributed by atoms with Crippen molar-refractivity contribution in [1.29, 1.82) is 0 Å². The fraction of sp³-hybridized carbons (Fsp3) is 0.300. The van der Waals surface area contributed by atoms with Crippen molar-refractivity contribution in [3.05, 3.63) is 71.8 Å². The number of benzene rings is 2. The zero-order valence-corrected chi connectivity index (χ0v) is 14.8. The smallest absolute Gasteiger partial charge is 0.365 e. The van der Waals surface area contributed by atoms with Gasteiger partial charge in [-0.3, -0.25) is 0 Å². The Hall–Kier alpha value is -2.70. The summed E-state index contributed by atoms with van der Waals surface area (Å²) in [5.41, 5.74) is 9.71. The lowest BCUT2D eigenvalue weighted by Gasteiger charge is -2.11. The molecule has 2 unspecified atom stereocenters. The molecular formula is C20H26N2O4+2. The normalized spacial score (nSPS) is 12.8. The van der Waals surface area contributed by atoms with Crippen molar-refractivity contribution in [1.82, 2.24) is 0 Å². The Morgan fingerprint density at radius 1 is 0.692 bits per heavy atom. The van der Waals surface area contributed by atoms with Crippen LogP contribution in [0, 0.1) is 0 Å². The molecular weight excluding hydrogens is 332 g/mol. The van der Waals surface area contributed by atoms with Gasteiger partial charge in [-0.25, -0.2) is 9.59 Å². The lowest BCUT2D eigenvalue weighted by atomic mass is 10.1. The number of carbonyl (C=O) groups excluding carboxylic acids is 2. The van der Waals surface area contributed by atoms with Crippen LogP contribution in [0.4, 0.5) is 0 Å². The molecule has 138 valence electrons. The third-order valence-corrected chi connectivity index (χ3v) is 3.89. The van der Waals surface area contributed by atoms with Crippen LogP contribution >= 0.6 is 0 Å². The lowest BCUT2D eigenvalue weighted by Crippen LogP contribution is -2.66. The van der Waals surface area contributed by atoms with Gasteiger partial charge >= 0.3 is 11.9 Å². The molecule has 2 atom stereocenters. The minimum absolute atomic E-state index is 0.0173. The summed E-state index contributed by atoms with van der Waals surface area (Å²) in [4.78, 5) is 23.9. The van der Waals surface area contributed by atoms with Gasteiger partial charge in [0.1, 0.15) is 13.2 Å². The molecule has 26 heavy (non-hydrogen) atoms. The van der Waals surface area contributed by atoms with Crippen LogP contribution in [0.3, 0.4) is 0 Å². The van der Waals surface area contributed by atoms with Crippen molar-refractivity contribution in [3.63, 3.8) is 0 Å². The van der Waals surface area contributed by atoms with Gasteiger partial charge in [0.05, 0.1) is 0 Å². The maximum Gasteiger partial charge on any atom is 0.365 e. The van der Waals surface area contributed by atoms with E-state index in [0.29, 0.717) is 12.8 Å². The quantitative estimate of drug-likeness (QED) is 0.477. The van der Waals surface area contributed by atoms with Gasteiger partial charge in [-0.1, -0.05) is 60.7 Å². The van der Waals surface area contributed by atoms with Gasteiger partial charge in [0.15, 0.2) is 12.1 Å². The van der Waals surface area contributed by atoms with Crippen molar-refractivity contribution in [2.45, 2.75) is 24.9 Å². The van der Waals surface area contributed by atoms with Crippen LogP contribution < -0.4 is 11.5 Å². The fourth-order valence-electron chi connectivity index (χ4n) is 2.48. The van der Waals surface area contributed by atoms with E-state index in [9.17, 15) is 9.59 Å². The highest BCUT2D eigenvalue weighted by Gasteiger charge is 2.21. The molecule has 2 rings (SSSR count). The second-order valence-corrected chi connectivity index (χ2v) is 6.11. The Morgan fingerprint density at radius 2 is 1.04 bits per heavy atom. The molecule has 0 heterocycles. The minimum Gasteiger partial charge on any atom is -0.458 e. The second-order valence-electron chi connectivity index (χ2n) is 6.11. The van der Waals surface area contributed by atoms with Crippen LogP contribution in [0.25, 0.3) is 0 Å². The third-order valence-electron chi connectivity index (χ3n) is 3.89. The van der Waals surface area contributed by atoms with Crippen LogP contribution in [0.5, 0.6) is 0 Å². The van der Waals surface area contributed by atoms with Gasteiger partial charge < -0.3 is 20.9 Å². The molecule has 0 aliphatic rings. The lowest BCUT2D eigenvalue weighted by molar-refractivity contribution is -0.409. The zero-order chi connectivity index (χ0) is 18.8. The summed E-state index contributed by atoms with van der Waals surface area (Å²) >= 11 is 0. The number of quaternary nitrogens is 2. The van der Waals surface area contributed by atoms with E-state index >= 15 is 0 Å². The van der Waals surface area contributed by atoms with Crippen molar-refractivity contribution < 1.29 is 30.5 Å². The summed E-state index contributed by atoms with van der Waals surface area (Å²) in [6.45, 7) is 0.0346. The fourth-order valence-corrected chi connectivity index (χ4v) is 2.48. The molecule has 2 aromatic carbocycles. The monoisotopic (exact) mass is 358 g/mol. The first-order valence-corrected chi connectivity index (χ1v) is 8.63. The Morgan fingerprint density at radius 3 is 1.38 bits per heavy atom. The molecule has 6 nitrogen and oxygen atoms in total. The Bertz CT molecular complexity index is 630. The van der Waals surface area contributed by atoms with Crippen molar-refractivity contribution in [2.24, 2.45) is 0 Å². The zero-order valence-electron chi connectivity index (χ0n) is 14.8. The summed E-state index contributed by atoms with van der Waals surface area (Å²) in [6.07, 6.45) is 1.02. The van der Waals surface area contributed by atoms with E-state index < -0.39 is 24.0 Å².